The number of hydrogen-bond donors (Lipinski definition) is 0. The van der Waals surface area contributed by atoms with Crippen LogP contribution in [0.2, 0.25) is 0 Å². The van der Waals surface area contributed by atoms with Crippen molar-refractivity contribution in [3.63, 3.8) is 0 Å². The van der Waals surface area contributed by atoms with E-state index >= 15 is 0 Å². The molecule has 1 aliphatic rings. The zero-order valence-corrected chi connectivity index (χ0v) is 16.9. The lowest BCUT2D eigenvalue weighted by molar-refractivity contribution is 1.34. The van der Waals surface area contributed by atoms with Gasteiger partial charge in [0.2, 0.25) is 6.71 Å². The van der Waals surface area contributed by atoms with E-state index in [0.717, 1.165) is 0 Å². The van der Waals surface area contributed by atoms with E-state index in [1.807, 2.05) is 0 Å². The Labute approximate surface area is 160 Å². The molecular formula is C24H27B2. The van der Waals surface area contributed by atoms with Crippen molar-refractivity contribution >= 4 is 24.9 Å². The highest BCUT2D eigenvalue weighted by Gasteiger charge is 2.29. The lowest BCUT2D eigenvalue weighted by Crippen LogP contribution is -2.50. The first kappa shape index (κ1) is 18.6. The summed E-state index contributed by atoms with van der Waals surface area (Å²) in [5.41, 5.74) is 11.0. The standard InChI is InChI=1S/C24H27B2/c1-16-12-18(3)23(19(4)13-16)26(22-10-8-7-9-11-25-22)24-20(5)14-17(2)15-21(24)6/h7-15H,1-6H3. The summed E-state index contributed by atoms with van der Waals surface area (Å²) in [6.07, 6.45) is 8.62. The fourth-order valence-corrected chi connectivity index (χ4v) is 4.48. The molecule has 1 heterocycles. The van der Waals surface area contributed by atoms with E-state index in [9.17, 15) is 0 Å². The molecule has 129 valence electrons. The van der Waals surface area contributed by atoms with Gasteiger partial charge in [-0.15, -0.1) is 11.3 Å². The summed E-state index contributed by atoms with van der Waals surface area (Å²) in [7, 11) is 2.27. The molecule has 0 saturated heterocycles. The molecule has 0 amide bonds. The summed E-state index contributed by atoms with van der Waals surface area (Å²) < 4.78 is 0. The SMILES string of the molecule is Cc1cc(C)c(B(C2=CC=CC=C[B]2)c2c(C)cc(C)cc2C)c(C)c1. The van der Waals surface area contributed by atoms with Gasteiger partial charge in [0.15, 0.2) is 7.28 Å². The maximum atomic E-state index is 2.32. The second-order valence-corrected chi connectivity index (χ2v) is 7.66. The topological polar surface area (TPSA) is 0 Å². The van der Waals surface area contributed by atoms with Crippen LogP contribution in [0.4, 0.5) is 0 Å². The second-order valence-electron chi connectivity index (χ2n) is 7.66. The Bertz CT molecular complexity index is 826. The minimum Gasteiger partial charge on any atom is -0.123 e. The molecular weight excluding hydrogens is 310 g/mol. The quantitative estimate of drug-likeness (QED) is 0.731. The van der Waals surface area contributed by atoms with Crippen LogP contribution in [-0.2, 0) is 0 Å². The van der Waals surface area contributed by atoms with Crippen molar-refractivity contribution in [3.8, 4) is 0 Å². The van der Waals surface area contributed by atoms with Crippen LogP contribution < -0.4 is 10.9 Å². The van der Waals surface area contributed by atoms with E-state index in [-0.39, 0.29) is 6.71 Å². The third-order valence-electron chi connectivity index (χ3n) is 5.30. The highest BCUT2D eigenvalue weighted by Crippen LogP contribution is 2.17. The first-order chi connectivity index (χ1) is 12.4. The summed E-state index contributed by atoms with van der Waals surface area (Å²) in [6, 6.07) is 9.27. The minimum atomic E-state index is 0.253. The smallest absolute Gasteiger partial charge is 0.123 e. The van der Waals surface area contributed by atoms with Crippen LogP contribution in [0.1, 0.15) is 33.4 Å². The van der Waals surface area contributed by atoms with Crippen LogP contribution in [-0.4, -0.2) is 14.0 Å². The fourth-order valence-electron chi connectivity index (χ4n) is 4.48. The van der Waals surface area contributed by atoms with Gasteiger partial charge in [-0.2, -0.15) is 0 Å². The fraction of sp³-hybridized carbons (Fsp3) is 0.250. The van der Waals surface area contributed by atoms with Gasteiger partial charge < -0.3 is 0 Å². The van der Waals surface area contributed by atoms with E-state index in [4.69, 9.17) is 0 Å². The normalized spacial score (nSPS) is 13.2. The Hall–Kier alpha value is -2.21. The zero-order chi connectivity index (χ0) is 18.8. The first-order valence-electron chi connectivity index (χ1n) is 9.42. The summed E-state index contributed by atoms with van der Waals surface area (Å²) in [4.78, 5) is 0. The summed E-state index contributed by atoms with van der Waals surface area (Å²) >= 11 is 0. The zero-order valence-electron chi connectivity index (χ0n) is 16.9. The molecule has 0 atom stereocenters. The Kier molecular flexibility index (Phi) is 5.41. The molecule has 26 heavy (non-hydrogen) atoms. The molecule has 1 aliphatic heterocycles. The summed E-state index contributed by atoms with van der Waals surface area (Å²) in [5, 5.41) is 1.35. The van der Waals surface area contributed by atoms with Crippen LogP contribution in [0, 0.1) is 41.5 Å². The van der Waals surface area contributed by atoms with Gasteiger partial charge in [-0.25, -0.2) is 0 Å². The average Bonchev–Trinajstić information content (AvgIpc) is 2.80. The largest absolute Gasteiger partial charge is 0.229 e. The Morgan fingerprint density at radius 1 is 0.615 bits per heavy atom. The Morgan fingerprint density at radius 3 is 1.54 bits per heavy atom. The van der Waals surface area contributed by atoms with Crippen molar-refractivity contribution in [1.29, 1.82) is 0 Å². The molecule has 0 fully saturated rings. The first-order valence-corrected chi connectivity index (χ1v) is 9.42. The van der Waals surface area contributed by atoms with Crippen LogP contribution in [0.5, 0.6) is 0 Å². The Balaban J connectivity index is 2.31. The van der Waals surface area contributed by atoms with E-state index in [1.54, 1.807) is 0 Å². The number of aryl methyl sites for hydroxylation is 6. The third-order valence-corrected chi connectivity index (χ3v) is 5.30. The van der Waals surface area contributed by atoms with E-state index in [2.05, 4.69) is 103 Å². The van der Waals surface area contributed by atoms with Gasteiger partial charge in [-0.1, -0.05) is 92.9 Å². The molecule has 0 nitrogen and oxygen atoms in total. The number of hydrogen-bond acceptors (Lipinski definition) is 0. The lowest BCUT2D eigenvalue weighted by atomic mass is 9.27. The molecule has 2 aromatic carbocycles. The van der Waals surface area contributed by atoms with Crippen molar-refractivity contribution in [2.45, 2.75) is 41.5 Å². The van der Waals surface area contributed by atoms with Gasteiger partial charge in [0.25, 0.3) is 0 Å². The predicted octanol–water partition coefficient (Wildman–Crippen LogP) is 4.36. The molecule has 0 aliphatic carbocycles. The van der Waals surface area contributed by atoms with Gasteiger partial charge in [-0.05, 0) is 41.5 Å². The molecule has 0 bridgehead atoms. The monoisotopic (exact) mass is 337 g/mol. The molecule has 0 aromatic heterocycles. The molecule has 0 unspecified atom stereocenters. The van der Waals surface area contributed by atoms with E-state index in [0.29, 0.717) is 0 Å². The molecule has 3 rings (SSSR count). The van der Waals surface area contributed by atoms with Crippen LogP contribution in [0.15, 0.2) is 59.9 Å². The second kappa shape index (κ2) is 7.58. The van der Waals surface area contributed by atoms with Crippen molar-refractivity contribution in [2.75, 3.05) is 0 Å². The van der Waals surface area contributed by atoms with Crippen molar-refractivity contribution in [2.24, 2.45) is 0 Å². The van der Waals surface area contributed by atoms with Gasteiger partial charge >= 0.3 is 0 Å². The van der Waals surface area contributed by atoms with Crippen LogP contribution >= 0.6 is 0 Å². The predicted molar refractivity (Wildman–Crippen MR) is 118 cm³/mol. The number of benzene rings is 2. The summed E-state index contributed by atoms with van der Waals surface area (Å²) in [6.45, 7) is 13.6. The van der Waals surface area contributed by atoms with Gasteiger partial charge in [-0.3, -0.25) is 0 Å². The molecule has 2 heteroatoms. The van der Waals surface area contributed by atoms with Gasteiger partial charge in [0, 0.05) is 0 Å². The number of rotatable bonds is 3. The van der Waals surface area contributed by atoms with Crippen molar-refractivity contribution < 1.29 is 0 Å². The van der Waals surface area contributed by atoms with E-state index in [1.165, 1.54) is 49.7 Å². The van der Waals surface area contributed by atoms with Crippen molar-refractivity contribution in [1.82, 2.24) is 0 Å². The van der Waals surface area contributed by atoms with Crippen LogP contribution in [0.3, 0.4) is 0 Å². The maximum absolute atomic E-state index is 2.32. The van der Waals surface area contributed by atoms with Gasteiger partial charge in [0.1, 0.15) is 0 Å². The highest BCUT2D eigenvalue weighted by atomic mass is 14.1. The lowest BCUT2D eigenvalue weighted by Gasteiger charge is -2.26. The highest BCUT2D eigenvalue weighted by molar-refractivity contribution is 7.00. The number of allylic oxidation sites excluding steroid dienone is 4. The molecule has 2 aromatic rings. The van der Waals surface area contributed by atoms with Gasteiger partial charge in [0.05, 0.1) is 0 Å². The Morgan fingerprint density at radius 2 is 1.08 bits per heavy atom. The maximum Gasteiger partial charge on any atom is 0.229 e. The molecule has 0 spiro atoms. The average molecular weight is 337 g/mol. The van der Waals surface area contributed by atoms with Crippen molar-refractivity contribution in [3.05, 3.63) is 93.3 Å². The molecule has 1 radical (unpaired) electrons. The minimum absolute atomic E-state index is 0.253. The summed E-state index contributed by atoms with van der Waals surface area (Å²) in [5.74, 6) is 2.15. The third kappa shape index (κ3) is 3.65. The molecule has 0 N–H and O–H groups in total. The van der Waals surface area contributed by atoms with E-state index < -0.39 is 0 Å². The van der Waals surface area contributed by atoms with Crippen LogP contribution in [0.25, 0.3) is 0 Å². The molecule has 0 saturated carbocycles.